The maximum atomic E-state index is 13.8. The molecule has 3 atom stereocenters. The number of nitrogens with one attached hydrogen (secondary N) is 1. The Morgan fingerprint density at radius 1 is 1.21 bits per heavy atom. The maximum Gasteiger partial charge on any atom is 0.248 e. The number of pyridine rings is 1. The zero-order valence-corrected chi connectivity index (χ0v) is 22.7. The second-order valence-electron chi connectivity index (χ2n) is 11.7. The minimum Gasteiger partial charge on any atom is -0.367 e. The SMILES string of the molecule is C[C@@H]1CN(CC(=O)N2CC(C)(C)c3cnc(Cc4ccc(F)cc4)cc32)[C@@H](CN2C[C@H](C)OCC2=O)CN1. The van der Waals surface area contributed by atoms with Crippen LogP contribution in [0.2, 0.25) is 0 Å². The van der Waals surface area contributed by atoms with Crippen LogP contribution in [0.5, 0.6) is 0 Å². The summed E-state index contributed by atoms with van der Waals surface area (Å²) in [7, 11) is 0. The van der Waals surface area contributed by atoms with E-state index in [0.29, 0.717) is 26.1 Å². The number of rotatable bonds is 6. The van der Waals surface area contributed by atoms with Crippen molar-refractivity contribution in [1.29, 1.82) is 0 Å². The molecule has 38 heavy (non-hydrogen) atoms. The van der Waals surface area contributed by atoms with Gasteiger partial charge in [-0.15, -0.1) is 0 Å². The van der Waals surface area contributed by atoms with E-state index < -0.39 is 0 Å². The summed E-state index contributed by atoms with van der Waals surface area (Å²) < 4.78 is 18.8. The van der Waals surface area contributed by atoms with Crippen LogP contribution in [-0.2, 0) is 26.2 Å². The number of carbonyl (C=O) groups is 2. The Hall–Kier alpha value is -2.88. The lowest BCUT2D eigenvalue weighted by atomic mass is 9.88. The number of hydrogen-bond acceptors (Lipinski definition) is 6. The van der Waals surface area contributed by atoms with Crippen molar-refractivity contribution in [3.8, 4) is 0 Å². The highest BCUT2D eigenvalue weighted by molar-refractivity contribution is 5.97. The first-order valence-electron chi connectivity index (χ1n) is 13.5. The molecule has 4 heterocycles. The van der Waals surface area contributed by atoms with Gasteiger partial charge in [-0.1, -0.05) is 26.0 Å². The monoisotopic (exact) mass is 523 g/mol. The molecule has 0 bridgehead atoms. The van der Waals surface area contributed by atoms with Gasteiger partial charge in [-0.2, -0.15) is 0 Å². The Labute approximate surface area is 224 Å². The van der Waals surface area contributed by atoms with Gasteiger partial charge in [0.2, 0.25) is 11.8 Å². The molecule has 0 spiro atoms. The molecule has 3 aliphatic heterocycles. The molecule has 2 amide bonds. The van der Waals surface area contributed by atoms with Crippen molar-refractivity contribution >= 4 is 17.5 Å². The van der Waals surface area contributed by atoms with Gasteiger partial charge in [-0.3, -0.25) is 19.5 Å². The van der Waals surface area contributed by atoms with Crippen molar-refractivity contribution in [3.05, 3.63) is 59.2 Å². The minimum absolute atomic E-state index is 0.00408. The molecular weight excluding hydrogens is 485 g/mol. The van der Waals surface area contributed by atoms with Crippen LogP contribution < -0.4 is 10.2 Å². The largest absolute Gasteiger partial charge is 0.367 e. The van der Waals surface area contributed by atoms with Gasteiger partial charge in [0.15, 0.2) is 0 Å². The van der Waals surface area contributed by atoms with Crippen molar-refractivity contribution in [2.45, 2.75) is 57.7 Å². The number of halogens is 1. The van der Waals surface area contributed by atoms with Crippen LogP contribution in [0.15, 0.2) is 36.5 Å². The predicted molar refractivity (Wildman–Crippen MR) is 144 cm³/mol. The van der Waals surface area contributed by atoms with Crippen molar-refractivity contribution in [2.75, 3.05) is 50.8 Å². The van der Waals surface area contributed by atoms with Gasteiger partial charge in [-0.05, 0) is 37.6 Å². The first-order chi connectivity index (χ1) is 18.1. The van der Waals surface area contributed by atoms with Crippen molar-refractivity contribution in [1.82, 2.24) is 20.1 Å². The van der Waals surface area contributed by atoms with Crippen LogP contribution in [0, 0.1) is 5.82 Å². The number of fused-ring (bicyclic) bond motifs is 1. The third-order valence-electron chi connectivity index (χ3n) is 7.93. The maximum absolute atomic E-state index is 13.8. The summed E-state index contributed by atoms with van der Waals surface area (Å²) in [5.41, 5.74) is 3.58. The second kappa shape index (κ2) is 10.7. The number of aromatic nitrogens is 1. The molecule has 0 aliphatic carbocycles. The Morgan fingerprint density at radius 2 is 1.97 bits per heavy atom. The summed E-state index contributed by atoms with van der Waals surface area (Å²) in [5, 5.41) is 3.52. The van der Waals surface area contributed by atoms with E-state index in [1.165, 1.54) is 12.1 Å². The number of amides is 2. The molecule has 5 rings (SSSR count). The Morgan fingerprint density at radius 3 is 2.74 bits per heavy atom. The molecule has 204 valence electrons. The fraction of sp³-hybridized carbons (Fsp3) is 0.552. The fourth-order valence-corrected chi connectivity index (χ4v) is 5.79. The smallest absolute Gasteiger partial charge is 0.248 e. The molecule has 2 aromatic rings. The average molecular weight is 524 g/mol. The first kappa shape index (κ1) is 26.7. The summed E-state index contributed by atoms with van der Waals surface area (Å²) in [4.78, 5) is 37.0. The lowest BCUT2D eigenvalue weighted by Crippen LogP contribution is -2.62. The minimum atomic E-state index is -0.262. The number of ether oxygens (including phenoxy) is 1. The molecule has 0 unspecified atom stereocenters. The van der Waals surface area contributed by atoms with E-state index in [9.17, 15) is 14.0 Å². The highest BCUT2D eigenvalue weighted by atomic mass is 19.1. The van der Waals surface area contributed by atoms with Crippen LogP contribution in [0.1, 0.15) is 44.5 Å². The summed E-state index contributed by atoms with van der Waals surface area (Å²) in [6, 6.07) is 8.76. The van der Waals surface area contributed by atoms with E-state index >= 15 is 0 Å². The molecule has 2 fully saturated rings. The number of benzene rings is 1. The summed E-state index contributed by atoms with van der Waals surface area (Å²) >= 11 is 0. The third-order valence-corrected chi connectivity index (χ3v) is 7.93. The van der Waals surface area contributed by atoms with Gasteiger partial charge in [0, 0.05) is 74.1 Å². The molecular formula is C29H38FN5O3. The van der Waals surface area contributed by atoms with Gasteiger partial charge in [0.05, 0.1) is 18.3 Å². The average Bonchev–Trinajstić information content (AvgIpc) is 3.14. The Kier molecular flexibility index (Phi) is 7.53. The predicted octanol–water partition coefficient (Wildman–Crippen LogP) is 2.35. The van der Waals surface area contributed by atoms with Gasteiger partial charge in [0.25, 0.3) is 0 Å². The molecule has 8 nitrogen and oxygen atoms in total. The fourth-order valence-electron chi connectivity index (χ4n) is 5.79. The molecule has 3 aliphatic rings. The third kappa shape index (κ3) is 5.75. The zero-order valence-electron chi connectivity index (χ0n) is 22.7. The first-order valence-corrected chi connectivity index (χ1v) is 13.5. The Bertz CT molecular complexity index is 1190. The molecule has 1 aromatic carbocycles. The number of anilines is 1. The van der Waals surface area contributed by atoms with Crippen LogP contribution in [-0.4, -0.2) is 90.7 Å². The number of morpholine rings is 1. The quantitative estimate of drug-likeness (QED) is 0.627. The molecule has 9 heteroatoms. The highest BCUT2D eigenvalue weighted by Crippen LogP contribution is 2.40. The standard InChI is InChI=1S/C29H38FN5O3/c1-19-13-33(24(11-31-19)15-34-14-20(2)38-17-28(34)37)16-27(36)35-18-29(3,4)25-12-32-23(10-26(25)35)9-21-5-7-22(30)8-6-21/h5-8,10,12,19-20,24,31H,9,11,13-18H2,1-4H3/t19-,20+,24-/m1/s1. The number of piperazine rings is 1. The number of nitrogens with zero attached hydrogens (tertiary/aromatic N) is 4. The van der Waals surface area contributed by atoms with Gasteiger partial charge in [0.1, 0.15) is 12.4 Å². The lowest BCUT2D eigenvalue weighted by molar-refractivity contribution is -0.149. The molecule has 0 saturated carbocycles. The summed E-state index contributed by atoms with van der Waals surface area (Å²) in [6.45, 7) is 12.0. The topological polar surface area (TPSA) is 78.0 Å². The molecule has 2 saturated heterocycles. The van der Waals surface area contributed by atoms with Gasteiger partial charge >= 0.3 is 0 Å². The van der Waals surface area contributed by atoms with E-state index in [4.69, 9.17) is 4.74 Å². The van der Waals surface area contributed by atoms with Crippen molar-refractivity contribution in [3.63, 3.8) is 0 Å². The van der Waals surface area contributed by atoms with Crippen LogP contribution >= 0.6 is 0 Å². The van der Waals surface area contributed by atoms with Crippen molar-refractivity contribution < 1.29 is 18.7 Å². The number of carbonyl (C=O) groups excluding carboxylic acids is 2. The normalized spacial score (nSPS) is 25.5. The van der Waals surface area contributed by atoms with E-state index in [0.717, 1.165) is 35.6 Å². The highest BCUT2D eigenvalue weighted by Gasteiger charge is 2.40. The van der Waals surface area contributed by atoms with Gasteiger partial charge < -0.3 is 19.9 Å². The van der Waals surface area contributed by atoms with E-state index in [1.807, 2.05) is 29.0 Å². The zero-order chi connectivity index (χ0) is 27.0. The Balaban J connectivity index is 1.33. The summed E-state index contributed by atoms with van der Waals surface area (Å²) in [6.07, 6.45) is 2.47. The summed E-state index contributed by atoms with van der Waals surface area (Å²) in [5.74, 6) is -0.205. The molecule has 1 N–H and O–H groups in total. The van der Waals surface area contributed by atoms with Crippen LogP contribution in [0.3, 0.4) is 0 Å². The molecule has 1 aromatic heterocycles. The second-order valence-corrected chi connectivity index (χ2v) is 11.7. The lowest BCUT2D eigenvalue weighted by Gasteiger charge is -2.43. The van der Waals surface area contributed by atoms with Crippen molar-refractivity contribution in [2.24, 2.45) is 0 Å². The van der Waals surface area contributed by atoms with Crippen LogP contribution in [0.4, 0.5) is 10.1 Å². The van der Waals surface area contributed by atoms with E-state index in [2.05, 4.69) is 36.0 Å². The van der Waals surface area contributed by atoms with E-state index in [-0.39, 0.29) is 54.4 Å². The van der Waals surface area contributed by atoms with E-state index in [1.54, 1.807) is 12.1 Å². The van der Waals surface area contributed by atoms with Gasteiger partial charge in [-0.25, -0.2) is 4.39 Å². The molecule has 0 radical (unpaired) electrons. The van der Waals surface area contributed by atoms with Crippen LogP contribution in [0.25, 0.3) is 0 Å². The number of hydrogen-bond donors (Lipinski definition) is 1.